The van der Waals surface area contributed by atoms with Gasteiger partial charge in [0.15, 0.2) is 0 Å². The zero-order valence-electron chi connectivity index (χ0n) is 12.2. The number of piperidine rings is 1. The average Bonchev–Trinajstić information content (AvgIpc) is 2.42. The van der Waals surface area contributed by atoms with Gasteiger partial charge in [-0.15, -0.1) is 0 Å². The summed E-state index contributed by atoms with van der Waals surface area (Å²) in [6.45, 7) is 3.19. The summed E-state index contributed by atoms with van der Waals surface area (Å²) >= 11 is 0. The van der Waals surface area contributed by atoms with Crippen molar-refractivity contribution < 1.29 is 17.6 Å². The zero-order chi connectivity index (χ0) is 15.5. The Morgan fingerprint density at radius 1 is 1.24 bits per heavy atom. The van der Waals surface area contributed by atoms with Crippen molar-refractivity contribution >= 4 is 0 Å². The van der Waals surface area contributed by atoms with Crippen molar-refractivity contribution in [2.24, 2.45) is 0 Å². The lowest BCUT2D eigenvalue weighted by atomic mass is 9.97. The molecule has 1 fully saturated rings. The molecule has 1 aromatic carbocycles. The maximum absolute atomic E-state index is 13.8. The van der Waals surface area contributed by atoms with Gasteiger partial charge in [-0.2, -0.15) is 13.2 Å². The van der Waals surface area contributed by atoms with Crippen LogP contribution in [-0.4, -0.2) is 17.5 Å². The molecular formula is C16H21F4N. The second-order valence-corrected chi connectivity index (χ2v) is 5.71. The van der Waals surface area contributed by atoms with Crippen LogP contribution in [0.15, 0.2) is 18.2 Å². The molecule has 21 heavy (non-hydrogen) atoms. The highest BCUT2D eigenvalue weighted by molar-refractivity contribution is 5.27. The van der Waals surface area contributed by atoms with Crippen LogP contribution in [0.1, 0.15) is 50.2 Å². The van der Waals surface area contributed by atoms with Crippen molar-refractivity contribution in [2.75, 3.05) is 6.54 Å². The van der Waals surface area contributed by atoms with Gasteiger partial charge in [0, 0.05) is 18.2 Å². The largest absolute Gasteiger partial charge is 0.416 e. The van der Waals surface area contributed by atoms with Crippen molar-refractivity contribution in [3.8, 4) is 0 Å². The molecule has 1 aromatic rings. The van der Waals surface area contributed by atoms with E-state index in [1.807, 2.05) is 0 Å². The Balaban J connectivity index is 2.17. The van der Waals surface area contributed by atoms with Gasteiger partial charge in [0.05, 0.1) is 5.56 Å². The number of hydrogen-bond donors (Lipinski definition) is 0. The van der Waals surface area contributed by atoms with Crippen LogP contribution in [0.3, 0.4) is 0 Å². The Labute approximate surface area is 122 Å². The Morgan fingerprint density at radius 2 is 2.00 bits per heavy atom. The van der Waals surface area contributed by atoms with Crippen LogP contribution >= 0.6 is 0 Å². The van der Waals surface area contributed by atoms with Crippen molar-refractivity contribution in [1.29, 1.82) is 0 Å². The van der Waals surface area contributed by atoms with E-state index in [1.54, 1.807) is 0 Å². The number of benzene rings is 1. The molecule has 0 aliphatic carbocycles. The third-order valence-corrected chi connectivity index (χ3v) is 4.12. The fourth-order valence-electron chi connectivity index (χ4n) is 3.02. The van der Waals surface area contributed by atoms with Crippen LogP contribution in [0, 0.1) is 5.82 Å². The SMILES string of the molecule is CCCC1CCCCN1Cc1cc(C(F)(F)F)ccc1F. The monoisotopic (exact) mass is 303 g/mol. The van der Waals surface area contributed by atoms with Crippen molar-refractivity contribution in [3.63, 3.8) is 0 Å². The summed E-state index contributed by atoms with van der Waals surface area (Å²) in [7, 11) is 0. The average molecular weight is 303 g/mol. The molecule has 0 saturated carbocycles. The molecule has 1 atom stereocenters. The molecule has 1 saturated heterocycles. The van der Waals surface area contributed by atoms with Crippen LogP contribution < -0.4 is 0 Å². The van der Waals surface area contributed by atoms with E-state index in [0.717, 1.165) is 56.8 Å². The van der Waals surface area contributed by atoms with Crippen LogP contribution in [0.2, 0.25) is 0 Å². The van der Waals surface area contributed by atoms with Gasteiger partial charge in [-0.1, -0.05) is 19.8 Å². The van der Waals surface area contributed by atoms with Crippen molar-refractivity contribution in [3.05, 3.63) is 35.1 Å². The summed E-state index contributed by atoms with van der Waals surface area (Å²) in [6, 6.07) is 3.04. The van der Waals surface area contributed by atoms with Crippen LogP contribution in [0.25, 0.3) is 0 Å². The van der Waals surface area contributed by atoms with E-state index < -0.39 is 17.6 Å². The Kier molecular flexibility index (Phi) is 5.25. The molecule has 0 radical (unpaired) electrons. The van der Waals surface area contributed by atoms with Gasteiger partial charge in [-0.25, -0.2) is 4.39 Å². The van der Waals surface area contributed by atoms with Crippen LogP contribution in [-0.2, 0) is 12.7 Å². The molecule has 0 bridgehead atoms. The first-order valence-corrected chi connectivity index (χ1v) is 7.51. The lowest BCUT2D eigenvalue weighted by Crippen LogP contribution is -2.39. The molecule has 5 heteroatoms. The number of halogens is 4. The fraction of sp³-hybridized carbons (Fsp3) is 0.625. The molecule has 1 aliphatic rings. The summed E-state index contributed by atoms with van der Waals surface area (Å²) in [5.41, 5.74) is -0.629. The van der Waals surface area contributed by atoms with E-state index in [9.17, 15) is 17.6 Å². The van der Waals surface area contributed by atoms with Gasteiger partial charge in [-0.3, -0.25) is 4.90 Å². The van der Waals surface area contributed by atoms with E-state index in [2.05, 4.69) is 11.8 Å². The molecule has 1 aliphatic heterocycles. The van der Waals surface area contributed by atoms with E-state index in [4.69, 9.17) is 0 Å². The summed E-state index contributed by atoms with van der Waals surface area (Å²) in [4.78, 5) is 2.13. The predicted molar refractivity (Wildman–Crippen MR) is 74.4 cm³/mol. The molecular weight excluding hydrogens is 282 g/mol. The molecule has 1 heterocycles. The first-order valence-electron chi connectivity index (χ1n) is 7.51. The number of alkyl halides is 3. The summed E-state index contributed by atoms with van der Waals surface area (Å²) in [5.74, 6) is -0.552. The molecule has 1 unspecified atom stereocenters. The van der Waals surface area contributed by atoms with E-state index in [0.29, 0.717) is 6.04 Å². The Morgan fingerprint density at radius 3 is 2.67 bits per heavy atom. The summed E-state index contributed by atoms with van der Waals surface area (Å²) < 4.78 is 52.1. The topological polar surface area (TPSA) is 3.24 Å². The quantitative estimate of drug-likeness (QED) is 0.708. The zero-order valence-corrected chi connectivity index (χ0v) is 12.2. The smallest absolute Gasteiger partial charge is 0.296 e. The highest BCUT2D eigenvalue weighted by Crippen LogP contribution is 2.31. The highest BCUT2D eigenvalue weighted by atomic mass is 19.4. The van der Waals surface area contributed by atoms with Gasteiger partial charge in [0.1, 0.15) is 5.82 Å². The van der Waals surface area contributed by atoms with Gasteiger partial charge in [-0.05, 0) is 44.0 Å². The normalized spacial score (nSPS) is 20.7. The first kappa shape index (κ1) is 16.3. The number of likely N-dealkylation sites (tertiary alicyclic amines) is 1. The minimum atomic E-state index is -4.42. The molecule has 0 spiro atoms. The van der Waals surface area contributed by atoms with Crippen molar-refractivity contribution in [2.45, 2.75) is 57.8 Å². The molecule has 2 rings (SSSR count). The molecule has 1 nitrogen and oxygen atoms in total. The maximum atomic E-state index is 13.8. The summed E-state index contributed by atoms with van der Waals surface area (Å²) in [5, 5.41) is 0. The highest BCUT2D eigenvalue weighted by Gasteiger charge is 2.31. The van der Waals surface area contributed by atoms with E-state index in [-0.39, 0.29) is 12.1 Å². The number of rotatable bonds is 4. The first-order chi connectivity index (χ1) is 9.91. The van der Waals surface area contributed by atoms with Crippen LogP contribution in [0.5, 0.6) is 0 Å². The van der Waals surface area contributed by atoms with Gasteiger partial charge in [0.2, 0.25) is 0 Å². The molecule has 0 N–H and O–H groups in total. The Bertz CT molecular complexity index is 468. The number of nitrogens with zero attached hydrogens (tertiary/aromatic N) is 1. The van der Waals surface area contributed by atoms with Crippen molar-refractivity contribution in [1.82, 2.24) is 4.90 Å². The van der Waals surface area contributed by atoms with Gasteiger partial charge < -0.3 is 0 Å². The third kappa shape index (κ3) is 4.19. The number of hydrogen-bond acceptors (Lipinski definition) is 1. The lowest BCUT2D eigenvalue weighted by Gasteiger charge is -2.36. The second kappa shape index (κ2) is 6.77. The van der Waals surface area contributed by atoms with Gasteiger partial charge in [0.25, 0.3) is 0 Å². The maximum Gasteiger partial charge on any atom is 0.416 e. The minimum Gasteiger partial charge on any atom is -0.296 e. The lowest BCUT2D eigenvalue weighted by molar-refractivity contribution is -0.137. The van der Waals surface area contributed by atoms with Crippen LogP contribution in [0.4, 0.5) is 17.6 Å². The Hall–Kier alpha value is -1.10. The standard InChI is InChI=1S/C16H21F4N/c1-2-5-14-6-3-4-9-21(14)11-12-10-13(16(18,19)20)7-8-15(12)17/h7-8,10,14H,2-6,9,11H2,1H3. The predicted octanol–water partition coefficient (Wildman–Crippen LogP) is 5.00. The molecule has 0 amide bonds. The minimum absolute atomic E-state index is 0.146. The molecule has 0 aromatic heterocycles. The molecule has 118 valence electrons. The summed E-state index contributed by atoms with van der Waals surface area (Å²) in [6.07, 6.45) is 0.849. The van der Waals surface area contributed by atoms with Gasteiger partial charge >= 0.3 is 6.18 Å². The second-order valence-electron chi connectivity index (χ2n) is 5.71. The van der Waals surface area contributed by atoms with E-state index >= 15 is 0 Å². The van der Waals surface area contributed by atoms with E-state index in [1.165, 1.54) is 0 Å². The third-order valence-electron chi connectivity index (χ3n) is 4.12. The fourth-order valence-corrected chi connectivity index (χ4v) is 3.02.